The number of hydrogen-bond acceptors (Lipinski definition) is 4. The molecule has 0 radical (unpaired) electrons. The molecule has 0 unspecified atom stereocenters. The van der Waals surface area contributed by atoms with Gasteiger partial charge in [-0.3, -0.25) is 4.90 Å². The average Bonchev–Trinajstić information content (AvgIpc) is 3.05. The van der Waals surface area contributed by atoms with Gasteiger partial charge in [-0.15, -0.1) is 0 Å². The van der Waals surface area contributed by atoms with E-state index in [1.807, 2.05) is 30.3 Å². The van der Waals surface area contributed by atoms with Crippen molar-refractivity contribution in [3.05, 3.63) is 42.3 Å². The van der Waals surface area contributed by atoms with E-state index in [1.54, 1.807) is 6.26 Å². The first-order valence-corrected chi connectivity index (χ1v) is 8.21. The van der Waals surface area contributed by atoms with Crippen LogP contribution in [0.2, 0.25) is 0 Å². The number of hydrogen-bond donors (Lipinski definition) is 1. The summed E-state index contributed by atoms with van der Waals surface area (Å²) in [5.74, 6) is 0.670. The highest BCUT2D eigenvalue weighted by Crippen LogP contribution is 2.25. The number of aliphatic hydroxyl groups excluding tert-OH is 1. The van der Waals surface area contributed by atoms with Crippen molar-refractivity contribution in [3.8, 4) is 11.5 Å². The van der Waals surface area contributed by atoms with E-state index in [0.717, 1.165) is 17.8 Å². The Balaban J connectivity index is 1.69. The van der Waals surface area contributed by atoms with Gasteiger partial charge in [0.15, 0.2) is 0 Å². The number of benzene rings is 1. The van der Waals surface area contributed by atoms with Crippen LogP contribution in [0.25, 0.3) is 11.5 Å². The molecule has 1 aromatic carbocycles. The molecule has 1 aliphatic carbocycles. The third-order valence-corrected chi connectivity index (χ3v) is 4.42. The second-order valence-corrected chi connectivity index (χ2v) is 6.00. The molecule has 1 aliphatic rings. The molecule has 4 heteroatoms. The number of rotatable bonds is 6. The van der Waals surface area contributed by atoms with Gasteiger partial charge in [-0.1, -0.05) is 37.5 Å². The van der Waals surface area contributed by atoms with Gasteiger partial charge in [0.25, 0.3) is 0 Å². The molecule has 2 aromatic rings. The average molecular weight is 300 g/mol. The fourth-order valence-corrected chi connectivity index (χ4v) is 3.27. The van der Waals surface area contributed by atoms with Gasteiger partial charge in [0.2, 0.25) is 5.89 Å². The zero-order valence-corrected chi connectivity index (χ0v) is 12.9. The number of aliphatic hydroxyl groups is 1. The second-order valence-electron chi connectivity index (χ2n) is 6.00. The fraction of sp³-hybridized carbons (Fsp3) is 0.500. The van der Waals surface area contributed by atoms with Gasteiger partial charge in [-0.2, -0.15) is 0 Å². The number of aromatic nitrogens is 1. The maximum atomic E-state index is 9.34. The largest absolute Gasteiger partial charge is 0.444 e. The third kappa shape index (κ3) is 3.76. The first kappa shape index (κ1) is 15.3. The molecule has 0 amide bonds. The zero-order chi connectivity index (χ0) is 15.2. The predicted molar refractivity (Wildman–Crippen MR) is 86.3 cm³/mol. The molecular weight excluding hydrogens is 276 g/mol. The van der Waals surface area contributed by atoms with Crippen molar-refractivity contribution in [2.75, 3.05) is 13.2 Å². The minimum Gasteiger partial charge on any atom is -0.444 e. The van der Waals surface area contributed by atoms with Gasteiger partial charge in [0.05, 0.1) is 12.3 Å². The highest BCUT2D eigenvalue weighted by atomic mass is 16.3. The normalized spacial score (nSPS) is 16.3. The van der Waals surface area contributed by atoms with Crippen molar-refractivity contribution in [2.24, 2.45) is 0 Å². The number of nitrogens with zero attached hydrogens (tertiary/aromatic N) is 2. The molecule has 22 heavy (non-hydrogen) atoms. The number of oxazole rings is 1. The Morgan fingerprint density at radius 1 is 1.14 bits per heavy atom. The van der Waals surface area contributed by atoms with Crippen LogP contribution in [-0.4, -0.2) is 34.2 Å². The van der Waals surface area contributed by atoms with E-state index in [-0.39, 0.29) is 6.61 Å². The van der Waals surface area contributed by atoms with E-state index in [4.69, 9.17) is 4.42 Å². The van der Waals surface area contributed by atoms with Crippen LogP contribution >= 0.6 is 0 Å². The van der Waals surface area contributed by atoms with Crippen molar-refractivity contribution in [1.82, 2.24) is 9.88 Å². The molecule has 1 heterocycles. The molecule has 0 saturated heterocycles. The van der Waals surface area contributed by atoms with Gasteiger partial charge in [0, 0.05) is 24.7 Å². The summed E-state index contributed by atoms with van der Waals surface area (Å²) in [4.78, 5) is 6.96. The van der Waals surface area contributed by atoms with Crippen molar-refractivity contribution < 1.29 is 9.52 Å². The standard InChI is InChI=1S/C18H24N2O2/c21-12-11-20(17-9-5-2-6-10-17)13-16-14-22-18(19-16)15-7-3-1-4-8-15/h1,3-4,7-8,14,17,21H,2,5-6,9-13H2. The fourth-order valence-electron chi connectivity index (χ4n) is 3.27. The van der Waals surface area contributed by atoms with E-state index >= 15 is 0 Å². The van der Waals surface area contributed by atoms with Crippen LogP contribution in [0.4, 0.5) is 0 Å². The Morgan fingerprint density at radius 3 is 2.64 bits per heavy atom. The van der Waals surface area contributed by atoms with E-state index < -0.39 is 0 Å². The first-order valence-electron chi connectivity index (χ1n) is 8.21. The molecule has 0 spiro atoms. The van der Waals surface area contributed by atoms with Crippen molar-refractivity contribution in [3.63, 3.8) is 0 Å². The molecule has 0 bridgehead atoms. The molecule has 0 aliphatic heterocycles. The van der Waals surface area contributed by atoms with Crippen molar-refractivity contribution in [1.29, 1.82) is 0 Å². The van der Waals surface area contributed by atoms with Crippen LogP contribution in [0.1, 0.15) is 37.8 Å². The Bertz CT molecular complexity index is 561. The lowest BCUT2D eigenvalue weighted by Crippen LogP contribution is -2.38. The molecule has 1 N–H and O–H groups in total. The smallest absolute Gasteiger partial charge is 0.226 e. The Morgan fingerprint density at radius 2 is 1.91 bits per heavy atom. The minimum absolute atomic E-state index is 0.194. The zero-order valence-electron chi connectivity index (χ0n) is 12.9. The topological polar surface area (TPSA) is 49.5 Å². The summed E-state index contributed by atoms with van der Waals surface area (Å²) < 4.78 is 5.62. The lowest BCUT2D eigenvalue weighted by atomic mass is 9.94. The Hall–Kier alpha value is -1.65. The van der Waals surface area contributed by atoms with Gasteiger partial charge < -0.3 is 9.52 Å². The third-order valence-electron chi connectivity index (χ3n) is 4.42. The Kier molecular flexibility index (Phi) is 5.24. The molecule has 3 rings (SSSR count). The summed E-state index contributed by atoms with van der Waals surface area (Å²) in [7, 11) is 0. The van der Waals surface area contributed by atoms with Crippen molar-refractivity contribution >= 4 is 0 Å². The van der Waals surface area contributed by atoms with E-state index in [0.29, 0.717) is 18.5 Å². The molecule has 118 valence electrons. The minimum atomic E-state index is 0.194. The lowest BCUT2D eigenvalue weighted by molar-refractivity contribution is 0.116. The van der Waals surface area contributed by atoms with Gasteiger partial charge >= 0.3 is 0 Å². The monoisotopic (exact) mass is 300 g/mol. The van der Waals surface area contributed by atoms with Crippen LogP contribution in [0, 0.1) is 0 Å². The highest BCUT2D eigenvalue weighted by Gasteiger charge is 2.22. The molecule has 1 saturated carbocycles. The second kappa shape index (κ2) is 7.56. The predicted octanol–water partition coefficient (Wildman–Crippen LogP) is 3.47. The Labute approximate surface area is 131 Å². The van der Waals surface area contributed by atoms with Gasteiger partial charge in [0.1, 0.15) is 6.26 Å². The quantitative estimate of drug-likeness (QED) is 0.887. The molecule has 1 aromatic heterocycles. The first-order chi connectivity index (χ1) is 10.9. The van der Waals surface area contributed by atoms with Crippen LogP contribution in [0.15, 0.2) is 41.0 Å². The van der Waals surface area contributed by atoms with Crippen molar-refractivity contribution in [2.45, 2.75) is 44.7 Å². The SMILES string of the molecule is OCCN(Cc1coc(-c2ccccc2)n1)C1CCCCC1. The maximum Gasteiger partial charge on any atom is 0.226 e. The molecule has 0 atom stereocenters. The van der Waals surface area contributed by atoms with E-state index in [9.17, 15) is 5.11 Å². The summed E-state index contributed by atoms with van der Waals surface area (Å²) in [6.45, 7) is 1.65. The summed E-state index contributed by atoms with van der Waals surface area (Å²) in [6, 6.07) is 10.5. The summed E-state index contributed by atoms with van der Waals surface area (Å²) >= 11 is 0. The van der Waals surface area contributed by atoms with Gasteiger partial charge in [-0.05, 0) is 25.0 Å². The van der Waals surface area contributed by atoms with Crippen LogP contribution in [0.3, 0.4) is 0 Å². The van der Waals surface area contributed by atoms with Crippen LogP contribution in [-0.2, 0) is 6.54 Å². The summed E-state index contributed by atoms with van der Waals surface area (Å²) in [5.41, 5.74) is 1.94. The summed E-state index contributed by atoms with van der Waals surface area (Å²) in [5, 5.41) is 9.34. The van der Waals surface area contributed by atoms with E-state index in [1.165, 1.54) is 32.1 Å². The molecule has 1 fully saturated rings. The molecular formula is C18H24N2O2. The molecule has 4 nitrogen and oxygen atoms in total. The van der Waals surface area contributed by atoms with Crippen LogP contribution in [0.5, 0.6) is 0 Å². The highest BCUT2D eigenvalue weighted by molar-refractivity contribution is 5.52. The van der Waals surface area contributed by atoms with Gasteiger partial charge in [-0.25, -0.2) is 4.98 Å². The summed E-state index contributed by atoms with van der Waals surface area (Å²) in [6.07, 6.45) is 8.12. The van der Waals surface area contributed by atoms with E-state index in [2.05, 4.69) is 9.88 Å². The van der Waals surface area contributed by atoms with Crippen LogP contribution < -0.4 is 0 Å². The maximum absolute atomic E-state index is 9.34. The lowest BCUT2D eigenvalue weighted by Gasteiger charge is -2.33.